The third-order valence-corrected chi connectivity index (χ3v) is 5.71. The van der Waals surface area contributed by atoms with E-state index in [2.05, 4.69) is 19.9 Å². The number of rotatable bonds is 4. The SMILES string of the molecule is NCOc1ccc(C(=O)N2CCN(c3ncnc4[nH]ccc34)CC23CC3)cc1. The number of fused-ring (bicyclic) bond motifs is 1. The molecule has 3 N–H and O–H groups in total. The third kappa shape index (κ3) is 2.77. The minimum absolute atomic E-state index is 0.0749. The number of H-pyrrole nitrogens is 1. The second-order valence-electron chi connectivity index (χ2n) is 7.38. The Morgan fingerprint density at radius 1 is 1.18 bits per heavy atom. The van der Waals surface area contributed by atoms with Gasteiger partial charge in [-0.2, -0.15) is 0 Å². The monoisotopic (exact) mass is 378 g/mol. The van der Waals surface area contributed by atoms with Gasteiger partial charge in [0.15, 0.2) is 0 Å². The van der Waals surface area contributed by atoms with Gasteiger partial charge in [0.25, 0.3) is 5.91 Å². The Balaban J connectivity index is 1.37. The van der Waals surface area contributed by atoms with Gasteiger partial charge < -0.3 is 19.5 Å². The number of nitrogens with zero attached hydrogens (tertiary/aromatic N) is 4. The molecule has 0 unspecified atom stereocenters. The molecule has 2 aliphatic rings. The van der Waals surface area contributed by atoms with Crippen LogP contribution in [0.2, 0.25) is 0 Å². The first kappa shape index (κ1) is 17.0. The zero-order chi connectivity index (χ0) is 19.1. The number of benzene rings is 1. The highest BCUT2D eigenvalue weighted by molar-refractivity contribution is 5.95. The van der Waals surface area contributed by atoms with Crippen LogP contribution in [-0.4, -0.2) is 57.7 Å². The Hall–Kier alpha value is -3.13. The molecule has 8 heteroatoms. The van der Waals surface area contributed by atoms with Crippen molar-refractivity contribution in [3.63, 3.8) is 0 Å². The van der Waals surface area contributed by atoms with E-state index in [1.165, 1.54) is 0 Å². The van der Waals surface area contributed by atoms with Gasteiger partial charge in [0.2, 0.25) is 0 Å². The van der Waals surface area contributed by atoms with Crippen molar-refractivity contribution in [2.24, 2.45) is 5.73 Å². The summed E-state index contributed by atoms with van der Waals surface area (Å²) in [6, 6.07) is 9.21. The molecule has 5 rings (SSSR count). The summed E-state index contributed by atoms with van der Waals surface area (Å²) >= 11 is 0. The van der Waals surface area contributed by atoms with Gasteiger partial charge in [-0.15, -0.1) is 0 Å². The summed E-state index contributed by atoms with van der Waals surface area (Å²) in [4.78, 5) is 29.4. The van der Waals surface area contributed by atoms with Crippen LogP contribution in [0.5, 0.6) is 5.75 Å². The molecule has 2 aromatic heterocycles. The van der Waals surface area contributed by atoms with Crippen molar-refractivity contribution in [1.82, 2.24) is 19.9 Å². The Kier molecular flexibility index (Phi) is 3.94. The second-order valence-corrected chi connectivity index (χ2v) is 7.38. The summed E-state index contributed by atoms with van der Waals surface area (Å²) in [6.45, 7) is 2.34. The van der Waals surface area contributed by atoms with Gasteiger partial charge in [0.05, 0.1) is 10.9 Å². The molecule has 3 heterocycles. The largest absolute Gasteiger partial charge is 0.479 e. The maximum Gasteiger partial charge on any atom is 0.254 e. The van der Waals surface area contributed by atoms with Crippen LogP contribution >= 0.6 is 0 Å². The van der Waals surface area contributed by atoms with Gasteiger partial charge >= 0.3 is 0 Å². The molecule has 28 heavy (non-hydrogen) atoms. The molecule has 3 aromatic rings. The number of anilines is 1. The summed E-state index contributed by atoms with van der Waals surface area (Å²) in [5.74, 6) is 1.68. The molecule has 1 saturated heterocycles. The Morgan fingerprint density at radius 3 is 2.75 bits per heavy atom. The minimum Gasteiger partial charge on any atom is -0.479 e. The van der Waals surface area contributed by atoms with Crippen molar-refractivity contribution in [2.75, 3.05) is 31.3 Å². The molecule has 144 valence electrons. The molecule has 1 amide bonds. The molecule has 1 aliphatic carbocycles. The summed E-state index contributed by atoms with van der Waals surface area (Å²) in [5.41, 5.74) is 6.81. The molecular formula is C20H22N6O2. The van der Waals surface area contributed by atoms with Crippen molar-refractivity contribution < 1.29 is 9.53 Å². The topological polar surface area (TPSA) is 100 Å². The van der Waals surface area contributed by atoms with E-state index in [1.54, 1.807) is 18.5 Å². The normalized spacial score (nSPS) is 17.9. The van der Waals surface area contributed by atoms with Gasteiger partial charge in [-0.05, 0) is 43.2 Å². The van der Waals surface area contributed by atoms with E-state index < -0.39 is 0 Å². The zero-order valence-corrected chi connectivity index (χ0v) is 15.5. The number of carbonyl (C=O) groups is 1. The molecule has 0 bridgehead atoms. The molecule has 8 nitrogen and oxygen atoms in total. The smallest absolute Gasteiger partial charge is 0.254 e. The number of nitrogens with two attached hydrogens (primary N) is 1. The predicted molar refractivity (Wildman–Crippen MR) is 105 cm³/mol. The summed E-state index contributed by atoms with van der Waals surface area (Å²) < 4.78 is 5.26. The van der Waals surface area contributed by atoms with Crippen LogP contribution in [0, 0.1) is 0 Å². The standard InChI is InChI=1S/C20H22N6O2/c21-12-28-15-3-1-14(2-4-15)19(27)26-10-9-25(11-20(26)6-7-20)18-16-5-8-22-17(16)23-13-24-18/h1-5,8,13H,6-7,9-12,21H2,(H,22,23,24). The number of aromatic amines is 1. The fourth-order valence-electron chi connectivity index (χ4n) is 4.10. The van der Waals surface area contributed by atoms with Crippen molar-refractivity contribution >= 4 is 22.8 Å². The van der Waals surface area contributed by atoms with E-state index >= 15 is 0 Å². The van der Waals surface area contributed by atoms with E-state index in [4.69, 9.17) is 10.5 Å². The first-order valence-electron chi connectivity index (χ1n) is 9.48. The van der Waals surface area contributed by atoms with Crippen LogP contribution in [0.1, 0.15) is 23.2 Å². The average Bonchev–Trinajstić information content (AvgIpc) is 3.30. The molecule has 1 spiro atoms. The lowest BCUT2D eigenvalue weighted by Gasteiger charge is -2.42. The molecule has 1 aromatic carbocycles. The van der Waals surface area contributed by atoms with Crippen LogP contribution in [0.4, 0.5) is 5.82 Å². The molecule has 1 aliphatic heterocycles. The number of hydrogen-bond donors (Lipinski definition) is 2. The number of piperazine rings is 1. The molecule has 1 saturated carbocycles. The van der Waals surface area contributed by atoms with Gasteiger partial charge in [-0.3, -0.25) is 10.5 Å². The van der Waals surface area contributed by atoms with E-state index in [9.17, 15) is 4.79 Å². The number of amides is 1. The number of carbonyl (C=O) groups excluding carboxylic acids is 1. The first-order chi connectivity index (χ1) is 13.7. The van der Waals surface area contributed by atoms with Crippen molar-refractivity contribution in [3.8, 4) is 5.75 Å². The summed E-state index contributed by atoms with van der Waals surface area (Å²) in [5, 5.41) is 1.02. The van der Waals surface area contributed by atoms with Crippen LogP contribution < -0.4 is 15.4 Å². The highest BCUT2D eigenvalue weighted by Crippen LogP contribution is 2.46. The first-order valence-corrected chi connectivity index (χ1v) is 9.48. The lowest BCUT2D eigenvalue weighted by atomic mass is 10.1. The fraction of sp³-hybridized carbons (Fsp3) is 0.350. The van der Waals surface area contributed by atoms with Crippen molar-refractivity contribution in [3.05, 3.63) is 48.4 Å². The lowest BCUT2D eigenvalue weighted by molar-refractivity contribution is 0.0624. The van der Waals surface area contributed by atoms with Crippen molar-refractivity contribution in [1.29, 1.82) is 0 Å². The van der Waals surface area contributed by atoms with Crippen LogP contribution in [0.3, 0.4) is 0 Å². The maximum atomic E-state index is 13.2. The number of nitrogens with one attached hydrogen (secondary N) is 1. The summed E-state index contributed by atoms with van der Waals surface area (Å²) in [6.07, 6.45) is 5.51. The molecule has 0 atom stereocenters. The Bertz CT molecular complexity index is 1010. The molecular weight excluding hydrogens is 356 g/mol. The second kappa shape index (κ2) is 6.49. The van der Waals surface area contributed by atoms with E-state index in [0.717, 1.165) is 42.8 Å². The summed E-state index contributed by atoms with van der Waals surface area (Å²) in [7, 11) is 0. The lowest BCUT2D eigenvalue weighted by Crippen LogP contribution is -2.57. The fourth-order valence-corrected chi connectivity index (χ4v) is 4.10. The minimum atomic E-state index is -0.102. The predicted octanol–water partition coefficient (Wildman–Crippen LogP) is 1.75. The van der Waals surface area contributed by atoms with E-state index in [-0.39, 0.29) is 18.2 Å². The van der Waals surface area contributed by atoms with Gasteiger partial charge in [-0.1, -0.05) is 0 Å². The quantitative estimate of drug-likeness (QED) is 0.671. The van der Waals surface area contributed by atoms with E-state index in [1.807, 2.05) is 29.3 Å². The van der Waals surface area contributed by atoms with Crippen LogP contribution in [-0.2, 0) is 0 Å². The number of hydrogen-bond acceptors (Lipinski definition) is 6. The third-order valence-electron chi connectivity index (χ3n) is 5.71. The Morgan fingerprint density at radius 2 is 2.00 bits per heavy atom. The highest BCUT2D eigenvalue weighted by atomic mass is 16.5. The average molecular weight is 378 g/mol. The number of ether oxygens (including phenoxy) is 1. The van der Waals surface area contributed by atoms with Gasteiger partial charge in [0, 0.05) is 31.4 Å². The van der Waals surface area contributed by atoms with Gasteiger partial charge in [0.1, 0.15) is 30.3 Å². The van der Waals surface area contributed by atoms with Crippen molar-refractivity contribution in [2.45, 2.75) is 18.4 Å². The molecule has 0 radical (unpaired) electrons. The Labute approximate surface area is 162 Å². The van der Waals surface area contributed by atoms with Crippen LogP contribution in [0.15, 0.2) is 42.9 Å². The molecule has 2 fully saturated rings. The maximum absolute atomic E-state index is 13.2. The zero-order valence-electron chi connectivity index (χ0n) is 15.5. The van der Waals surface area contributed by atoms with E-state index in [0.29, 0.717) is 17.9 Å². The number of aromatic nitrogens is 3. The van der Waals surface area contributed by atoms with Crippen LogP contribution in [0.25, 0.3) is 11.0 Å². The van der Waals surface area contributed by atoms with Gasteiger partial charge in [-0.25, -0.2) is 9.97 Å². The highest BCUT2D eigenvalue weighted by Gasteiger charge is 2.53.